The summed E-state index contributed by atoms with van der Waals surface area (Å²) < 4.78 is 103. The van der Waals surface area contributed by atoms with Crippen molar-refractivity contribution in [3.8, 4) is 11.4 Å². The first-order valence-electron chi connectivity index (χ1n) is 9.39. The molecule has 3 aromatic heterocycles. The van der Waals surface area contributed by atoms with E-state index >= 15 is 0 Å². The Balaban J connectivity index is 2.06. The fraction of sp³-hybridized carbons (Fsp3) is 0.316. The maximum atomic E-state index is 13.4. The molecule has 3 heterocycles. The zero-order valence-corrected chi connectivity index (χ0v) is 18.2. The SMILES string of the molecule is CCS(=N)(=O)c1cc2c(cc1-c1nc3cc(C(F)(F)F)ncc3n1C)nc(C(F)(F)F)n2C. The van der Waals surface area contributed by atoms with E-state index in [1.807, 2.05) is 0 Å². The summed E-state index contributed by atoms with van der Waals surface area (Å²) in [6, 6.07) is 3.17. The minimum Gasteiger partial charge on any atom is -0.326 e. The second-order valence-electron chi connectivity index (χ2n) is 7.34. The van der Waals surface area contributed by atoms with E-state index in [9.17, 15) is 30.6 Å². The number of aromatic nitrogens is 5. The number of benzene rings is 1. The fourth-order valence-corrected chi connectivity index (χ4v) is 4.68. The van der Waals surface area contributed by atoms with Gasteiger partial charge in [-0.3, -0.25) is 0 Å². The highest BCUT2D eigenvalue weighted by molar-refractivity contribution is 7.92. The Bertz CT molecular complexity index is 1510. The summed E-state index contributed by atoms with van der Waals surface area (Å²) in [6.45, 7) is 1.49. The van der Waals surface area contributed by atoms with Gasteiger partial charge >= 0.3 is 12.4 Å². The number of halogens is 6. The maximum absolute atomic E-state index is 13.4. The van der Waals surface area contributed by atoms with Crippen LogP contribution < -0.4 is 0 Å². The van der Waals surface area contributed by atoms with Crippen molar-refractivity contribution in [1.82, 2.24) is 24.1 Å². The molecule has 0 aliphatic rings. The van der Waals surface area contributed by atoms with Gasteiger partial charge in [-0.1, -0.05) is 6.92 Å². The first kappa shape index (κ1) is 23.0. The molecule has 0 saturated heterocycles. The number of fused-ring (bicyclic) bond motifs is 2. The largest absolute Gasteiger partial charge is 0.449 e. The van der Waals surface area contributed by atoms with Crippen LogP contribution in [0.25, 0.3) is 33.5 Å². The molecule has 1 aromatic carbocycles. The third kappa shape index (κ3) is 3.71. The Hall–Kier alpha value is -3.16. The van der Waals surface area contributed by atoms with Crippen LogP contribution in [0.1, 0.15) is 18.4 Å². The van der Waals surface area contributed by atoms with E-state index < -0.39 is 33.6 Å². The number of imidazole rings is 2. The van der Waals surface area contributed by atoms with Crippen molar-refractivity contribution in [3.05, 3.63) is 35.9 Å². The molecule has 0 saturated carbocycles. The third-order valence-corrected chi connectivity index (χ3v) is 7.16. The zero-order chi connectivity index (χ0) is 24.5. The molecule has 7 nitrogen and oxygen atoms in total. The molecule has 0 amide bonds. The van der Waals surface area contributed by atoms with Crippen LogP contribution in [0, 0.1) is 4.78 Å². The fourth-order valence-electron chi connectivity index (χ4n) is 3.56. The van der Waals surface area contributed by atoms with E-state index in [4.69, 9.17) is 4.78 Å². The van der Waals surface area contributed by atoms with Crippen LogP contribution in [-0.4, -0.2) is 34.0 Å². The third-order valence-electron chi connectivity index (χ3n) is 5.30. The Morgan fingerprint density at radius 1 is 0.939 bits per heavy atom. The van der Waals surface area contributed by atoms with Gasteiger partial charge in [-0.15, -0.1) is 0 Å². The molecule has 14 heteroatoms. The minimum atomic E-state index is -4.75. The van der Waals surface area contributed by atoms with E-state index in [0.717, 1.165) is 23.9 Å². The average molecular weight is 490 g/mol. The van der Waals surface area contributed by atoms with E-state index in [1.165, 1.54) is 30.7 Å². The van der Waals surface area contributed by atoms with E-state index in [1.54, 1.807) is 0 Å². The lowest BCUT2D eigenvalue weighted by Gasteiger charge is -2.13. The summed E-state index contributed by atoms with van der Waals surface area (Å²) >= 11 is 0. The number of nitrogens with one attached hydrogen (secondary N) is 1. The topological polar surface area (TPSA) is 89.4 Å². The molecule has 0 bridgehead atoms. The van der Waals surface area contributed by atoms with Crippen molar-refractivity contribution in [2.45, 2.75) is 24.2 Å². The number of hydrogen-bond acceptors (Lipinski definition) is 5. The molecule has 0 aliphatic carbocycles. The number of hydrogen-bond donors (Lipinski definition) is 1. The normalized spacial score (nSPS) is 14.8. The van der Waals surface area contributed by atoms with Crippen molar-refractivity contribution in [2.24, 2.45) is 14.1 Å². The molecule has 0 spiro atoms. The minimum absolute atomic E-state index is 0.00860. The van der Waals surface area contributed by atoms with Crippen molar-refractivity contribution >= 4 is 31.8 Å². The van der Waals surface area contributed by atoms with Gasteiger partial charge in [0, 0.05) is 25.4 Å². The lowest BCUT2D eigenvalue weighted by molar-refractivity contribution is -0.146. The molecular formula is C19H16F6N6OS. The van der Waals surface area contributed by atoms with Gasteiger partial charge < -0.3 is 9.13 Å². The summed E-state index contributed by atoms with van der Waals surface area (Å²) in [4.78, 5) is 11.2. The molecule has 1 N–H and O–H groups in total. The van der Waals surface area contributed by atoms with Gasteiger partial charge in [0.25, 0.3) is 0 Å². The summed E-state index contributed by atoms with van der Waals surface area (Å²) in [5, 5.41) is 0. The number of rotatable bonds is 3. The van der Waals surface area contributed by atoms with Crippen molar-refractivity contribution in [1.29, 1.82) is 4.78 Å². The molecule has 4 rings (SSSR count). The van der Waals surface area contributed by atoms with Crippen molar-refractivity contribution in [2.75, 3.05) is 5.75 Å². The van der Waals surface area contributed by atoms with Crippen LogP contribution in [0.5, 0.6) is 0 Å². The molecule has 0 fully saturated rings. The van der Waals surface area contributed by atoms with Crippen LogP contribution in [0.15, 0.2) is 29.3 Å². The average Bonchev–Trinajstić information content (AvgIpc) is 3.23. The molecule has 0 aliphatic heterocycles. The highest BCUT2D eigenvalue weighted by Gasteiger charge is 2.37. The molecular weight excluding hydrogens is 474 g/mol. The molecule has 1 unspecified atom stereocenters. The van der Waals surface area contributed by atoms with E-state index in [-0.39, 0.29) is 44.1 Å². The van der Waals surface area contributed by atoms with E-state index in [0.29, 0.717) is 0 Å². The van der Waals surface area contributed by atoms with Gasteiger partial charge in [0.1, 0.15) is 11.5 Å². The standard InChI is InChI=1S/C19H16F6N6OS/c1-4-33(26,32)14-7-12-10(29-17(31(12)3)19(23,24)25)5-9(14)16-28-11-6-15(18(20,21)22)27-8-13(11)30(16)2/h5-8,26H,4H2,1-3H3. The van der Waals surface area contributed by atoms with Gasteiger partial charge in [-0.2, -0.15) is 26.3 Å². The predicted octanol–water partition coefficient (Wildman–Crippen LogP) is 4.99. The second-order valence-corrected chi connectivity index (χ2v) is 9.71. The van der Waals surface area contributed by atoms with Gasteiger partial charge in [0.15, 0.2) is 0 Å². The molecule has 1 atom stereocenters. The Morgan fingerprint density at radius 3 is 2.15 bits per heavy atom. The summed E-state index contributed by atoms with van der Waals surface area (Å²) in [7, 11) is -0.840. The molecule has 33 heavy (non-hydrogen) atoms. The van der Waals surface area contributed by atoms with Crippen LogP contribution in [0.4, 0.5) is 26.3 Å². The quantitative estimate of drug-likeness (QED) is 0.410. The van der Waals surface area contributed by atoms with E-state index in [2.05, 4.69) is 15.0 Å². The van der Waals surface area contributed by atoms with Crippen LogP contribution >= 0.6 is 0 Å². The zero-order valence-electron chi connectivity index (χ0n) is 17.3. The highest BCUT2D eigenvalue weighted by Crippen LogP contribution is 2.37. The predicted molar refractivity (Wildman–Crippen MR) is 108 cm³/mol. The first-order chi connectivity index (χ1) is 15.1. The number of nitrogens with zero attached hydrogens (tertiary/aromatic N) is 5. The Morgan fingerprint density at radius 2 is 1.58 bits per heavy atom. The van der Waals surface area contributed by atoms with Gasteiger partial charge in [-0.05, 0) is 18.2 Å². The van der Waals surface area contributed by atoms with Crippen molar-refractivity contribution < 1.29 is 30.6 Å². The smallest absolute Gasteiger partial charge is 0.326 e. The van der Waals surface area contributed by atoms with Gasteiger partial charge in [0.2, 0.25) is 5.82 Å². The maximum Gasteiger partial charge on any atom is 0.449 e. The summed E-state index contributed by atoms with van der Waals surface area (Å²) in [5.41, 5.74) is -1.04. The van der Waals surface area contributed by atoms with Crippen LogP contribution in [0.3, 0.4) is 0 Å². The Kier molecular flexibility index (Phi) is 5.00. The summed E-state index contributed by atoms with van der Waals surface area (Å²) in [6.07, 6.45) is -8.47. The van der Waals surface area contributed by atoms with Crippen LogP contribution in [0.2, 0.25) is 0 Å². The lowest BCUT2D eigenvalue weighted by Crippen LogP contribution is -2.12. The number of aryl methyl sites for hydroxylation is 2. The lowest BCUT2D eigenvalue weighted by atomic mass is 10.2. The van der Waals surface area contributed by atoms with Crippen LogP contribution in [-0.2, 0) is 36.2 Å². The summed E-state index contributed by atoms with van der Waals surface area (Å²) in [5.74, 6) is -1.30. The van der Waals surface area contributed by atoms with Crippen molar-refractivity contribution in [3.63, 3.8) is 0 Å². The number of alkyl halides is 6. The van der Waals surface area contributed by atoms with Gasteiger partial charge in [-0.25, -0.2) is 23.9 Å². The number of pyridine rings is 1. The monoisotopic (exact) mass is 490 g/mol. The molecule has 4 aromatic rings. The highest BCUT2D eigenvalue weighted by atomic mass is 32.2. The Labute approximate surface area is 183 Å². The molecule has 0 radical (unpaired) electrons. The second kappa shape index (κ2) is 7.17. The molecule has 176 valence electrons. The first-order valence-corrected chi connectivity index (χ1v) is 11.1. The van der Waals surface area contributed by atoms with Gasteiger partial charge in [0.05, 0.1) is 42.9 Å².